The van der Waals surface area contributed by atoms with Gasteiger partial charge in [-0.2, -0.15) is 13.2 Å². The number of esters is 2. The Morgan fingerprint density at radius 2 is 0.956 bits per heavy atom. The number of ether oxygens (including phenoxy) is 4. The summed E-state index contributed by atoms with van der Waals surface area (Å²) >= 11 is 0. The van der Waals surface area contributed by atoms with Crippen molar-refractivity contribution in [2.75, 3.05) is 13.2 Å². The number of carbonyl (C=O) groups excluding carboxylic acids is 2. The molecule has 0 unspecified atom stereocenters. The molecule has 0 aliphatic carbocycles. The lowest BCUT2D eigenvalue weighted by Gasteiger charge is -2.19. The third kappa shape index (κ3) is 13.8. The average Bonchev–Trinajstić information content (AvgIpc) is 2.90. The van der Waals surface area contributed by atoms with Gasteiger partial charge in [-0.3, -0.25) is 0 Å². The Balaban J connectivity index is 0.000000777. The van der Waals surface area contributed by atoms with Crippen LogP contribution in [0.4, 0.5) is 13.2 Å². The molecule has 0 aliphatic rings. The predicted molar refractivity (Wildman–Crippen MR) is 160 cm³/mol. The fourth-order valence-electron chi connectivity index (χ4n) is 3.34. The van der Waals surface area contributed by atoms with Gasteiger partial charge in [0.25, 0.3) is 0 Å². The lowest BCUT2D eigenvalue weighted by atomic mass is 10.2. The lowest BCUT2D eigenvalue weighted by Crippen LogP contribution is -2.27. The zero-order valence-corrected chi connectivity index (χ0v) is 27.2. The van der Waals surface area contributed by atoms with Gasteiger partial charge in [-0.25, -0.2) is 18.0 Å². The summed E-state index contributed by atoms with van der Waals surface area (Å²) in [5, 5.41) is 0. The van der Waals surface area contributed by atoms with E-state index in [1.165, 1.54) is 0 Å². The molecule has 0 fully saturated rings. The smallest absolute Gasteiger partial charge is 0.485 e. The summed E-state index contributed by atoms with van der Waals surface area (Å²) in [6.45, 7) is 10.6. The Hall–Kier alpha value is -3.75. The number of hydrogen-bond donors (Lipinski definition) is 0. The number of hydrogen-bond acceptors (Lipinski definition) is 9. The van der Waals surface area contributed by atoms with Gasteiger partial charge in [0.05, 0.1) is 10.9 Å². The van der Waals surface area contributed by atoms with Crippen molar-refractivity contribution in [1.29, 1.82) is 0 Å². The fraction of sp³-hybridized carbons (Fsp3) is 0.355. The quantitative estimate of drug-likeness (QED) is 0.112. The third-order valence-corrected chi connectivity index (χ3v) is 7.73. The van der Waals surface area contributed by atoms with Crippen LogP contribution in [0.25, 0.3) is 0 Å². The lowest BCUT2D eigenvalue weighted by molar-refractivity contribution is -0.158. The number of rotatable bonds is 9. The number of alkyl halides is 3. The first-order chi connectivity index (χ1) is 20.6. The van der Waals surface area contributed by atoms with Crippen molar-refractivity contribution in [3.8, 4) is 11.5 Å². The molecule has 0 spiro atoms. The topological polar surface area (TPSA) is 128 Å². The molecule has 45 heavy (non-hydrogen) atoms. The standard InChI is InChI=1S/C30H35O6S.CHF3O3S/c1-29(2,3)35-27(31)20-33-22-12-16-25(17-13-22)37(24-10-8-7-9-11-24)26-18-14-23(15-19-26)34-21-28(32)36-30(4,5)6;2-1(3,4)8(5,6)7/h7-19H,20-21H2,1-6H3;(H,5,6,7)/q+1;/p-1. The van der Waals surface area contributed by atoms with Crippen molar-refractivity contribution < 1.29 is 54.7 Å². The van der Waals surface area contributed by atoms with Crippen LogP contribution in [-0.2, 0) is 40.1 Å². The maximum atomic E-state index is 12.0. The SMILES string of the molecule is CC(C)(C)OC(=O)COc1ccc([S+](c2ccccc2)c2ccc(OCC(=O)OC(C)(C)C)cc2)cc1.O=S(=O)([O-])C(F)(F)F. The van der Waals surface area contributed by atoms with Gasteiger partial charge in [-0.15, -0.1) is 0 Å². The highest BCUT2D eigenvalue weighted by Crippen LogP contribution is 2.33. The van der Waals surface area contributed by atoms with Gasteiger partial charge < -0.3 is 23.5 Å². The largest absolute Gasteiger partial charge is 0.741 e. The van der Waals surface area contributed by atoms with Crippen molar-refractivity contribution in [2.24, 2.45) is 0 Å². The van der Waals surface area contributed by atoms with E-state index in [4.69, 9.17) is 31.9 Å². The first-order valence-electron chi connectivity index (χ1n) is 13.4. The van der Waals surface area contributed by atoms with Gasteiger partial charge in [0, 0.05) is 0 Å². The minimum absolute atomic E-state index is 0.147. The summed E-state index contributed by atoms with van der Waals surface area (Å²) in [5.41, 5.74) is -6.75. The van der Waals surface area contributed by atoms with Crippen LogP contribution in [-0.4, -0.2) is 54.8 Å². The van der Waals surface area contributed by atoms with Crippen molar-refractivity contribution in [3.05, 3.63) is 78.9 Å². The van der Waals surface area contributed by atoms with Gasteiger partial charge >= 0.3 is 17.4 Å². The van der Waals surface area contributed by atoms with Gasteiger partial charge in [0.2, 0.25) is 0 Å². The van der Waals surface area contributed by atoms with Crippen molar-refractivity contribution in [2.45, 2.75) is 72.9 Å². The van der Waals surface area contributed by atoms with Crippen molar-refractivity contribution in [1.82, 2.24) is 0 Å². The van der Waals surface area contributed by atoms with E-state index in [2.05, 4.69) is 12.1 Å². The molecule has 3 aromatic rings. The predicted octanol–water partition coefficient (Wildman–Crippen LogP) is 6.27. The van der Waals surface area contributed by atoms with Gasteiger partial charge in [0.1, 0.15) is 22.7 Å². The first kappa shape index (κ1) is 37.4. The van der Waals surface area contributed by atoms with Gasteiger partial charge in [-0.1, -0.05) is 18.2 Å². The van der Waals surface area contributed by atoms with Crippen LogP contribution in [0.5, 0.6) is 11.5 Å². The van der Waals surface area contributed by atoms with Crippen LogP contribution in [0.15, 0.2) is 93.5 Å². The maximum Gasteiger partial charge on any atom is 0.485 e. The number of halogens is 3. The highest BCUT2D eigenvalue weighted by atomic mass is 32.2. The molecule has 0 amide bonds. The molecular weight excluding hydrogens is 637 g/mol. The minimum atomic E-state index is -6.09. The van der Waals surface area contributed by atoms with Crippen LogP contribution < -0.4 is 9.47 Å². The van der Waals surface area contributed by atoms with E-state index in [9.17, 15) is 22.8 Å². The van der Waals surface area contributed by atoms with E-state index in [0.717, 1.165) is 14.7 Å². The van der Waals surface area contributed by atoms with E-state index in [1.54, 1.807) is 0 Å². The van der Waals surface area contributed by atoms with Crippen LogP contribution in [0.1, 0.15) is 41.5 Å². The normalized spacial score (nSPS) is 12.1. The van der Waals surface area contributed by atoms with Crippen LogP contribution >= 0.6 is 0 Å². The van der Waals surface area contributed by atoms with E-state index in [1.807, 2.05) is 108 Å². The molecular formula is C31H35F3O9S2. The Morgan fingerprint density at radius 3 is 1.24 bits per heavy atom. The minimum Gasteiger partial charge on any atom is -0.741 e. The highest BCUT2D eigenvalue weighted by molar-refractivity contribution is 7.97. The Bertz CT molecular complexity index is 1420. The second-order valence-corrected chi connectivity index (χ2v) is 14.6. The summed E-state index contributed by atoms with van der Waals surface area (Å²) < 4.78 is 80.8. The average molecular weight is 673 g/mol. The highest BCUT2D eigenvalue weighted by Gasteiger charge is 2.37. The van der Waals surface area contributed by atoms with E-state index < -0.39 is 38.8 Å². The molecule has 0 heterocycles. The second-order valence-electron chi connectivity index (χ2n) is 11.2. The van der Waals surface area contributed by atoms with Gasteiger partial charge in [-0.05, 0) is 102 Å². The molecule has 0 N–H and O–H groups in total. The van der Waals surface area contributed by atoms with Crippen LogP contribution in [0.3, 0.4) is 0 Å². The molecule has 3 aromatic carbocycles. The molecule has 0 aromatic heterocycles. The van der Waals surface area contributed by atoms with E-state index in [0.29, 0.717) is 11.5 Å². The number of carbonyl (C=O) groups is 2. The molecule has 0 aliphatic heterocycles. The molecule has 246 valence electrons. The van der Waals surface area contributed by atoms with Crippen molar-refractivity contribution >= 4 is 33.0 Å². The Labute approximate surface area is 263 Å². The monoisotopic (exact) mass is 672 g/mol. The van der Waals surface area contributed by atoms with E-state index in [-0.39, 0.29) is 24.1 Å². The summed E-state index contributed by atoms with van der Waals surface area (Å²) in [7, 11) is -6.47. The Kier molecular flexibility index (Phi) is 12.9. The van der Waals surface area contributed by atoms with Gasteiger partial charge in [0.15, 0.2) is 38.0 Å². The number of benzene rings is 3. The second kappa shape index (κ2) is 15.5. The summed E-state index contributed by atoms with van der Waals surface area (Å²) in [6, 6.07) is 25.7. The van der Waals surface area contributed by atoms with E-state index >= 15 is 0 Å². The summed E-state index contributed by atoms with van der Waals surface area (Å²) in [4.78, 5) is 27.3. The zero-order chi connectivity index (χ0) is 34.1. The van der Waals surface area contributed by atoms with Crippen LogP contribution in [0.2, 0.25) is 0 Å². The molecule has 9 nitrogen and oxygen atoms in total. The Morgan fingerprint density at radius 1 is 0.644 bits per heavy atom. The first-order valence-corrected chi connectivity index (χ1v) is 16.0. The molecule has 0 radical (unpaired) electrons. The molecule has 14 heteroatoms. The fourth-order valence-corrected chi connectivity index (χ4v) is 5.40. The molecule has 0 saturated carbocycles. The maximum absolute atomic E-state index is 12.0. The molecule has 3 rings (SSSR count). The third-order valence-electron chi connectivity index (χ3n) is 4.93. The zero-order valence-electron chi connectivity index (χ0n) is 25.5. The summed E-state index contributed by atoms with van der Waals surface area (Å²) in [5.74, 6) is 0.374. The summed E-state index contributed by atoms with van der Waals surface area (Å²) in [6.07, 6.45) is 0. The van der Waals surface area contributed by atoms with Crippen LogP contribution in [0, 0.1) is 0 Å². The molecule has 0 saturated heterocycles. The van der Waals surface area contributed by atoms with Crippen molar-refractivity contribution in [3.63, 3.8) is 0 Å². The molecule has 0 atom stereocenters. The molecule has 0 bridgehead atoms.